The Balaban J connectivity index is 1.60. The minimum absolute atomic E-state index is 0.147. The van der Waals surface area contributed by atoms with Gasteiger partial charge in [0.2, 0.25) is 10.0 Å². The molecule has 8 heteroatoms. The maximum atomic E-state index is 13.9. The number of hydrogen-bond donors (Lipinski definition) is 0. The van der Waals surface area contributed by atoms with Crippen molar-refractivity contribution in [2.75, 3.05) is 10.8 Å². The highest BCUT2D eigenvalue weighted by Gasteiger charge is 2.46. The molecule has 2 heterocycles. The largest absolute Gasteiger partial charge is 0.264 e. The lowest BCUT2D eigenvalue weighted by molar-refractivity contribution is 0.397. The monoisotopic (exact) mass is 522 g/mol. The third kappa shape index (κ3) is 4.07. The topological polar surface area (TPSA) is 74.8 Å². The van der Waals surface area contributed by atoms with Gasteiger partial charge >= 0.3 is 0 Å². The molecule has 0 bridgehead atoms. The van der Waals surface area contributed by atoms with E-state index in [0.717, 1.165) is 22.3 Å². The molecule has 6 nitrogen and oxygen atoms in total. The molecule has 2 aliphatic rings. The number of rotatable bonds is 5. The third-order valence-electron chi connectivity index (χ3n) is 7.13. The van der Waals surface area contributed by atoms with E-state index in [1.165, 1.54) is 8.61 Å². The van der Waals surface area contributed by atoms with Crippen molar-refractivity contribution in [2.24, 2.45) is 0 Å². The van der Waals surface area contributed by atoms with E-state index in [0.29, 0.717) is 18.7 Å². The van der Waals surface area contributed by atoms with E-state index in [9.17, 15) is 16.8 Å². The maximum Gasteiger partial charge on any atom is 0.264 e. The Bertz CT molecular complexity index is 1530. The zero-order valence-electron chi connectivity index (χ0n) is 20.6. The molecule has 2 atom stereocenters. The van der Waals surface area contributed by atoms with E-state index < -0.39 is 26.1 Å². The molecule has 0 aliphatic carbocycles. The van der Waals surface area contributed by atoms with Crippen LogP contribution in [0.4, 0.5) is 5.69 Å². The summed E-state index contributed by atoms with van der Waals surface area (Å²) in [6.45, 7) is 6.24. The zero-order chi connectivity index (χ0) is 25.7. The van der Waals surface area contributed by atoms with Gasteiger partial charge in [-0.25, -0.2) is 16.8 Å². The van der Waals surface area contributed by atoms with E-state index in [1.54, 1.807) is 48.5 Å². The Labute approximate surface area is 214 Å². The third-order valence-corrected chi connectivity index (χ3v) is 10.8. The molecule has 0 saturated carbocycles. The molecule has 2 aliphatic heterocycles. The standard InChI is InChI=1S/C28H30N2O4S2/c1-4-6-26-25-17-18-29(35(31,32)23-13-9-20(2)10-14-23)19-22-7-5-8-27(28(22)25)30(26)36(33,34)24-15-11-21(3)12-16-24/h4-16,25-26H,17-19H2,1-3H3/b6-4+/t25-,26+/m0/s1. The molecule has 0 fully saturated rings. The molecule has 3 aromatic rings. The number of hydrogen-bond acceptors (Lipinski definition) is 4. The van der Waals surface area contributed by atoms with Gasteiger partial charge in [0.1, 0.15) is 0 Å². The lowest BCUT2D eigenvalue weighted by atomic mass is 9.89. The highest BCUT2D eigenvalue weighted by molar-refractivity contribution is 7.93. The van der Waals surface area contributed by atoms with E-state index in [1.807, 2.05) is 51.1 Å². The van der Waals surface area contributed by atoms with Gasteiger partial charge in [-0.1, -0.05) is 59.7 Å². The summed E-state index contributed by atoms with van der Waals surface area (Å²) in [5, 5.41) is 0. The Kier molecular flexibility index (Phi) is 6.31. The van der Waals surface area contributed by atoms with Gasteiger partial charge in [-0.05, 0) is 68.7 Å². The summed E-state index contributed by atoms with van der Waals surface area (Å²) in [5.74, 6) is -0.147. The van der Waals surface area contributed by atoms with Gasteiger partial charge in [0.15, 0.2) is 0 Å². The first-order chi connectivity index (χ1) is 17.1. The van der Waals surface area contributed by atoms with Gasteiger partial charge in [-0.2, -0.15) is 4.31 Å². The first kappa shape index (κ1) is 24.7. The van der Waals surface area contributed by atoms with Crippen LogP contribution < -0.4 is 4.31 Å². The van der Waals surface area contributed by atoms with Gasteiger partial charge in [0, 0.05) is 19.0 Å². The second-order valence-electron chi connectivity index (χ2n) is 9.53. The van der Waals surface area contributed by atoms with Crippen molar-refractivity contribution in [3.8, 4) is 0 Å². The second-order valence-corrected chi connectivity index (χ2v) is 13.3. The molecule has 0 amide bonds. The van der Waals surface area contributed by atoms with Crippen molar-refractivity contribution in [1.29, 1.82) is 0 Å². The smallest absolute Gasteiger partial charge is 0.259 e. The van der Waals surface area contributed by atoms with Gasteiger partial charge in [0.25, 0.3) is 10.0 Å². The van der Waals surface area contributed by atoms with E-state index in [-0.39, 0.29) is 22.3 Å². The molecule has 36 heavy (non-hydrogen) atoms. The summed E-state index contributed by atoms with van der Waals surface area (Å²) in [4.78, 5) is 0.523. The molecule has 0 aromatic heterocycles. The summed E-state index contributed by atoms with van der Waals surface area (Å²) < 4.78 is 57.9. The highest BCUT2D eigenvalue weighted by Crippen LogP contribution is 2.49. The molecule has 5 rings (SSSR count). The summed E-state index contributed by atoms with van der Waals surface area (Å²) in [6.07, 6.45) is 4.31. The zero-order valence-corrected chi connectivity index (χ0v) is 22.3. The van der Waals surface area contributed by atoms with Crippen LogP contribution in [0.3, 0.4) is 0 Å². The minimum atomic E-state index is -3.82. The lowest BCUT2D eigenvalue weighted by Gasteiger charge is -2.29. The number of allylic oxidation sites excluding steroid dienone is 1. The van der Waals surface area contributed by atoms with Gasteiger partial charge in [-0.15, -0.1) is 0 Å². The van der Waals surface area contributed by atoms with Gasteiger partial charge < -0.3 is 0 Å². The summed E-state index contributed by atoms with van der Waals surface area (Å²) in [5.41, 5.74) is 4.40. The Morgan fingerprint density at radius 1 is 0.806 bits per heavy atom. The molecule has 3 aromatic carbocycles. The Morgan fingerprint density at radius 3 is 1.97 bits per heavy atom. The predicted molar refractivity (Wildman–Crippen MR) is 142 cm³/mol. The van der Waals surface area contributed by atoms with Crippen molar-refractivity contribution in [3.63, 3.8) is 0 Å². The second kappa shape index (κ2) is 9.18. The number of anilines is 1. The number of benzene rings is 3. The number of aryl methyl sites for hydroxylation is 2. The molecule has 0 radical (unpaired) electrons. The Morgan fingerprint density at radius 2 is 1.39 bits per heavy atom. The van der Waals surface area contributed by atoms with Crippen molar-refractivity contribution < 1.29 is 16.8 Å². The van der Waals surface area contributed by atoms with Crippen LogP contribution in [0.5, 0.6) is 0 Å². The normalized spacial score (nSPS) is 20.5. The molecule has 0 unspecified atom stereocenters. The average Bonchev–Trinajstić information content (AvgIpc) is 3.02. The van der Waals surface area contributed by atoms with E-state index >= 15 is 0 Å². The Hall–Kier alpha value is -2.94. The highest BCUT2D eigenvalue weighted by atomic mass is 32.2. The molecule has 0 N–H and O–H groups in total. The molecule has 188 valence electrons. The van der Waals surface area contributed by atoms with Crippen LogP contribution in [0.2, 0.25) is 0 Å². The predicted octanol–water partition coefficient (Wildman–Crippen LogP) is 5.14. The summed E-state index contributed by atoms with van der Waals surface area (Å²) in [7, 11) is -7.52. The van der Waals surface area contributed by atoms with Gasteiger partial charge in [0.05, 0.1) is 21.5 Å². The molecule has 0 saturated heterocycles. The first-order valence-corrected chi connectivity index (χ1v) is 14.9. The van der Waals surface area contributed by atoms with Crippen molar-refractivity contribution >= 4 is 25.7 Å². The van der Waals surface area contributed by atoms with Crippen molar-refractivity contribution in [1.82, 2.24) is 4.31 Å². The quantitative estimate of drug-likeness (QED) is 0.435. The molecule has 0 spiro atoms. The van der Waals surface area contributed by atoms with Crippen LogP contribution in [0, 0.1) is 13.8 Å². The van der Waals surface area contributed by atoms with E-state index in [2.05, 4.69) is 0 Å². The summed E-state index contributed by atoms with van der Waals surface area (Å²) >= 11 is 0. The van der Waals surface area contributed by atoms with Crippen LogP contribution >= 0.6 is 0 Å². The van der Waals surface area contributed by atoms with Crippen LogP contribution in [-0.2, 0) is 26.6 Å². The lowest BCUT2D eigenvalue weighted by Crippen LogP contribution is -2.39. The maximum absolute atomic E-state index is 13.9. The van der Waals surface area contributed by atoms with E-state index in [4.69, 9.17) is 0 Å². The minimum Gasteiger partial charge on any atom is -0.259 e. The fourth-order valence-electron chi connectivity index (χ4n) is 5.31. The fourth-order valence-corrected chi connectivity index (χ4v) is 8.40. The number of nitrogens with zero attached hydrogens (tertiary/aromatic N) is 2. The fraction of sp³-hybridized carbons (Fsp3) is 0.286. The molecular weight excluding hydrogens is 492 g/mol. The average molecular weight is 523 g/mol. The van der Waals surface area contributed by atoms with Crippen LogP contribution in [0.15, 0.2) is 88.7 Å². The van der Waals surface area contributed by atoms with Crippen molar-refractivity contribution in [3.05, 3.63) is 101 Å². The number of sulfonamides is 2. The SMILES string of the molecule is C/C=C/[C@@H]1[C@@H]2CCN(S(=O)(=O)c3ccc(C)cc3)Cc3cccc(c32)N1S(=O)(=O)c1ccc(C)cc1. The van der Waals surface area contributed by atoms with Crippen LogP contribution in [0.1, 0.15) is 41.5 Å². The summed E-state index contributed by atoms with van der Waals surface area (Å²) in [6, 6.07) is 19.0. The van der Waals surface area contributed by atoms with Crippen molar-refractivity contribution in [2.45, 2.75) is 55.5 Å². The van der Waals surface area contributed by atoms with Crippen LogP contribution in [0.25, 0.3) is 0 Å². The van der Waals surface area contributed by atoms with Crippen LogP contribution in [-0.4, -0.2) is 33.7 Å². The first-order valence-electron chi connectivity index (χ1n) is 12.1. The molecular formula is C28H30N2O4S2. The van der Waals surface area contributed by atoms with Gasteiger partial charge in [-0.3, -0.25) is 4.31 Å².